The van der Waals surface area contributed by atoms with Crippen LogP contribution in [0.2, 0.25) is 0 Å². The molecule has 3 rings (SSSR count). The monoisotopic (exact) mass is 243 g/mol. The van der Waals surface area contributed by atoms with Gasteiger partial charge in [-0.15, -0.1) is 0 Å². The lowest BCUT2D eigenvalue weighted by Gasteiger charge is -1.95. The van der Waals surface area contributed by atoms with Gasteiger partial charge in [-0.25, -0.2) is 14.8 Å². The SMILES string of the molecule is Cn1nccc1-c1nc2ncc(C(=O)O)cc2[nH]1. The summed E-state index contributed by atoms with van der Waals surface area (Å²) in [6, 6.07) is 3.33. The molecule has 90 valence electrons. The number of carboxylic acids is 1. The molecule has 0 atom stereocenters. The van der Waals surface area contributed by atoms with Gasteiger partial charge in [0.15, 0.2) is 11.5 Å². The number of H-pyrrole nitrogens is 1. The summed E-state index contributed by atoms with van der Waals surface area (Å²) in [5.41, 5.74) is 2.01. The number of nitrogens with one attached hydrogen (secondary N) is 1. The number of aromatic nitrogens is 5. The van der Waals surface area contributed by atoms with Gasteiger partial charge in [0.05, 0.1) is 11.1 Å². The number of carbonyl (C=O) groups is 1. The van der Waals surface area contributed by atoms with Crippen molar-refractivity contribution in [1.82, 2.24) is 24.7 Å². The van der Waals surface area contributed by atoms with Crippen LogP contribution >= 0.6 is 0 Å². The molecule has 3 aromatic heterocycles. The maximum absolute atomic E-state index is 10.8. The van der Waals surface area contributed by atoms with Gasteiger partial charge in [-0.05, 0) is 12.1 Å². The Morgan fingerprint density at radius 3 is 3.00 bits per heavy atom. The predicted octanol–water partition coefficient (Wildman–Crippen LogP) is 1.06. The molecule has 0 aliphatic rings. The van der Waals surface area contributed by atoms with Crippen molar-refractivity contribution in [2.45, 2.75) is 0 Å². The van der Waals surface area contributed by atoms with Crippen molar-refractivity contribution in [3.8, 4) is 11.5 Å². The number of aromatic carboxylic acids is 1. The lowest BCUT2D eigenvalue weighted by molar-refractivity contribution is 0.0696. The van der Waals surface area contributed by atoms with Crippen LogP contribution in [0.4, 0.5) is 0 Å². The second kappa shape index (κ2) is 3.66. The van der Waals surface area contributed by atoms with E-state index < -0.39 is 5.97 Å². The molecule has 0 aliphatic heterocycles. The maximum atomic E-state index is 10.8. The smallest absolute Gasteiger partial charge is 0.337 e. The first-order valence-corrected chi connectivity index (χ1v) is 5.22. The number of fused-ring (bicyclic) bond motifs is 1. The van der Waals surface area contributed by atoms with E-state index in [2.05, 4.69) is 20.1 Å². The maximum Gasteiger partial charge on any atom is 0.337 e. The second-order valence-electron chi connectivity index (χ2n) is 3.83. The van der Waals surface area contributed by atoms with Crippen LogP contribution < -0.4 is 0 Å². The summed E-state index contributed by atoms with van der Waals surface area (Å²) in [6.45, 7) is 0. The first-order valence-electron chi connectivity index (χ1n) is 5.22. The number of hydrogen-bond acceptors (Lipinski definition) is 4. The minimum absolute atomic E-state index is 0.128. The van der Waals surface area contributed by atoms with Gasteiger partial charge in [0, 0.05) is 19.4 Å². The van der Waals surface area contributed by atoms with Crippen LogP contribution in [0.5, 0.6) is 0 Å². The number of rotatable bonds is 2. The van der Waals surface area contributed by atoms with Gasteiger partial charge in [0.25, 0.3) is 0 Å². The van der Waals surface area contributed by atoms with Gasteiger partial charge in [-0.1, -0.05) is 0 Å². The van der Waals surface area contributed by atoms with Crippen LogP contribution in [-0.2, 0) is 7.05 Å². The Labute approximate surface area is 101 Å². The number of aryl methyl sites for hydroxylation is 1. The molecule has 3 heterocycles. The van der Waals surface area contributed by atoms with Crippen LogP contribution in [0.25, 0.3) is 22.7 Å². The van der Waals surface area contributed by atoms with Gasteiger partial charge in [0.2, 0.25) is 0 Å². The molecule has 7 heteroatoms. The van der Waals surface area contributed by atoms with Crippen LogP contribution in [0.3, 0.4) is 0 Å². The normalized spacial score (nSPS) is 10.9. The standard InChI is InChI=1S/C11H9N5O2/c1-16-8(2-3-13-16)10-14-7-4-6(11(17)18)5-12-9(7)15-10/h2-5H,1H3,(H,17,18)(H,12,14,15). The molecule has 0 unspecified atom stereocenters. The molecule has 3 aromatic rings. The highest BCUT2D eigenvalue weighted by Crippen LogP contribution is 2.18. The molecular formula is C11H9N5O2. The number of nitrogens with zero attached hydrogens (tertiary/aromatic N) is 4. The van der Waals surface area contributed by atoms with Crippen molar-refractivity contribution < 1.29 is 9.90 Å². The Balaban J connectivity index is 2.17. The lowest BCUT2D eigenvalue weighted by atomic mass is 10.3. The Morgan fingerprint density at radius 2 is 2.33 bits per heavy atom. The van der Waals surface area contributed by atoms with E-state index in [9.17, 15) is 4.79 Å². The molecular weight excluding hydrogens is 234 g/mol. The summed E-state index contributed by atoms with van der Waals surface area (Å²) < 4.78 is 1.68. The van der Waals surface area contributed by atoms with E-state index in [0.717, 1.165) is 5.69 Å². The molecule has 0 saturated carbocycles. The number of hydrogen-bond donors (Lipinski definition) is 2. The van der Waals surface area contributed by atoms with Crippen LogP contribution in [-0.4, -0.2) is 35.8 Å². The van der Waals surface area contributed by atoms with Gasteiger partial charge in [-0.2, -0.15) is 5.10 Å². The Bertz CT molecular complexity index is 743. The predicted molar refractivity (Wildman–Crippen MR) is 63.1 cm³/mol. The number of imidazole rings is 1. The van der Waals surface area contributed by atoms with Gasteiger partial charge in [0.1, 0.15) is 5.69 Å². The van der Waals surface area contributed by atoms with Gasteiger partial charge >= 0.3 is 5.97 Å². The molecule has 0 fully saturated rings. The molecule has 0 aliphatic carbocycles. The minimum Gasteiger partial charge on any atom is -0.478 e. The first-order chi connectivity index (χ1) is 8.65. The average Bonchev–Trinajstić information content (AvgIpc) is 2.92. The third-order valence-corrected chi connectivity index (χ3v) is 2.65. The molecule has 0 amide bonds. The summed E-state index contributed by atoms with van der Waals surface area (Å²) in [5.74, 6) is -0.402. The van der Waals surface area contributed by atoms with Crippen molar-refractivity contribution in [1.29, 1.82) is 0 Å². The lowest BCUT2D eigenvalue weighted by Crippen LogP contribution is -1.96. The van der Waals surface area contributed by atoms with E-state index in [1.807, 2.05) is 6.07 Å². The highest BCUT2D eigenvalue weighted by molar-refractivity contribution is 5.91. The van der Waals surface area contributed by atoms with Gasteiger partial charge < -0.3 is 10.1 Å². The Kier molecular flexibility index (Phi) is 2.12. The fourth-order valence-corrected chi connectivity index (χ4v) is 1.74. The average molecular weight is 243 g/mol. The van der Waals surface area contributed by atoms with Crippen molar-refractivity contribution in [3.63, 3.8) is 0 Å². The zero-order valence-electron chi connectivity index (χ0n) is 9.45. The molecule has 0 bridgehead atoms. The molecule has 0 aromatic carbocycles. The minimum atomic E-state index is -1.01. The Morgan fingerprint density at radius 1 is 1.50 bits per heavy atom. The fraction of sp³-hybridized carbons (Fsp3) is 0.0909. The van der Waals surface area contributed by atoms with Crippen LogP contribution in [0.15, 0.2) is 24.5 Å². The second-order valence-corrected chi connectivity index (χ2v) is 3.83. The van der Waals surface area contributed by atoms with Crippen molar-refractivity contribution in [3.05, 3.63) is 30.1 Å². The summed E-state index contributed by atoms with van der Waals surface area (Å²) in [7, 11) is 1.80. The quantitative estimate of drug-likeness (QED) is 0.701. The number of carboxylic acid groups (broad SMARTS) is 1. The van der Waals surface area contributed by atoms with E-state index in [1.54, 1.807) is 17.9 Å². The Hall–Kier alpha value is -2.70. The van der Waals surface area contributed by atoms with Crippen LogP contribution in [0.1, 0.15) is 10.4 Å². The first kappa shape index (κ1) is 10.5. The van der Waals surface area contributed by atoms with Gasteiger partial charge in [-0.3, -0.25) is 4.68 Å². The van der Waals surface area contributed by atoms with Crippen molar-refractivity contribution in [2.75, 3.05) is 0 Å². The van der Waals surface area contributed by atoms with Crippen LogP contribution in [0, 0.1) is 0 Å². The highest BCUT2D eigenvalue weighted by Gasteiger charge is 2.11. The molecule has 0 radical (unpaired) electrons. The van der Waals surface area contributed by atoms with Crippen molar-refractivity contribution in [2.24, 2.45) is 7.05 Å². The third kappa shape index (κ3) is 1.53. The summed E-state index contributed by atoms with van der Waals surface area (Å²) in [6.07, 6.45) is 2.96. The summed E-state index contributed by atoms with van der Waals surface area (Å²) in [5, 5.41) is 12.9. The summed E-state index contributed by atoms with van der Waals surface area (Å²) >= 11 is 0. The van der Waals surface area contributed by atoms with Crippen molar-refractivity contribution >= 4 is 17.1 Å². The molecule has 7 nitrogen and oxygen atoms in total. The summed E-state index contributed by atoms with van der Waals surface area (Å²) in [4.78, 5) is 22.2. The molecule has 0 saturated heterocycles. The largest absolute Gasteiger partial charge is 0.478 e. The molecule has 18 heavy (non-hydrogen) atoms. The number of pyridine rings is 1. The number of aromatic amines is 1. The zero-order chi connectivity index (χ0) is 12.7. The molecule has 0 spiro atoms. The zero-order valence-corrected chi connectivity index (χ0v) is 9.45. The van der Waals surface area contributed by atoms with E-state index in [0.29, 0.717) is 17.0 Å². The van der Waals surface area contributed by atoms with E-state index in [-0.39, 0.29) is 5.56 Å². The third-order valence-electron chi connectivity index (χ3n) is 2.65. The van der Waals surface area contributed by atoms with E-state index in [1.165, 1.54) is 12.3 Å². The molecule has 2 N–H and O–H groups in total. The van der Waals surface area contributed by atoms with E-state index in [4.69, 9.17) is 5.11 Å². The highest BCUT2D eigenvalue weighted by atomic mass is 16.4. The topological polar surface area (TPSA) is 96.7 Å². The van der Waals surface area contributed by atoms with E-state index >= 15 is 0 Å². The fourth-order valence-electron chi connectivity index (χ4n) is 1.74.